The van der Waals surface area contributed by atoms with Gasteiger partial charge in [-0.3, -0.25) is 9.59 Å². The van der Waals surface area contributed by atoms with Crippen LogP contribution in [0, 0.1) is 6.92 Å². The first-order valence-electron chi connectivity index (χ1n) is 9.02. The second kappa shape index (κ2) is 8.84. The Balaban J connectivity index is 1.67. The molecule has 0 aliphatic heterocycles. The Labute approximate surface area is 168 Å². The number of ketones is 1. The number of carbonyl (C=O) groups excluding carboxylic acids is 2. The van der Waals surface area contributed by atoms with Gasteiger partial charge in [-0.1, -0.05) is 36.0 Å². The maximum Gasteiger partial charge on any atom is 0.234 e. The normalized spacial score (nSPS) is 10.7. The first kappa shape index (κ1) is 19.8. The summed E-state index contributed by atoms with van der Waals surface area (Å²) in [6, 6.07) is 14.9. The molecule has 0 spiro atoms. The van der Waals surface area contributed by atoms with Crippen molar-refractivity contribution in [3.05, 3.63) is 59.7 Å². The van der Waals surface area contributed by atoms with Crippen LogP contribution in [0.2, 0.25) is 0 Å². The standard InChI is InChI=1S/C21H22N4O2S/c1-4-25-20(18-8-6-5-7-14(18)2)23-24-21(25)28-13-19(27)22-17-11-9-16(10-12-17)15(3)26/h5-12H,4,13H2,1-3H3,(H,22,27). The van der Waals surface area contributed by atoms with Crippen molar-refractivity contribution >= 4 is 29.1 Å². The summed E-state index contributed by atoms with van der Waals surface area (Å²) in [4.78, 5) is 23.6. The van der Waals surface area contributed by atoms with E-state index in [1.54, 1.807) is 24.3 Å². The smallest absolute Gasteiger partial charge is 0.234 e. The van der Waals surface area contributed by atoms with Crippen molar-refractivity contribution in [3.8, 4) is 11.4 Å². The van der Waals surface area contributed by atoms with Crippen LogP contribution < -0.4 is 5.32 Å². The van der Waals surface area contributed by atoms with Crippen LogP contribution in [0.25, 0.3) is 11.4 Å². The van der Waals surface area contributed by atoms with E-state index in [0.717, 1.165) is 17.0 Å². The molecule has 0 atom stereocenters. The Kier molecular flexibility index (Phi) is 6.26. The van der Waals surface area contributed by atoms with Crippen molar-refractivity contribution in [2.45, 2.75) is 32.5 Å². The van der Waals surface area contributed by atoms with E-state index < -0.39 is 0 Å². The third kappa shape index (κ3) is 4.48. The number of thioether (sulfide) groups is 1. The van der Waals surface area contributed by atoms with Crippen LogP contribution in [-0.4, -0.2) is 32.2 Å². The number of hydrogen-bond acceptors (Lipinski definition) is 5. The highest BCUT2D eigenvalue weighted by Crippen LogP contribution is 2.26. The molecular formula is C21H22N4O2S. The first-order valence-corrected chi connectivity index (χ1v) is 10.0. The van der Waals surface area contributed by atoms with Gasteiger partial charge >= 0.3 is 0 Å². The highest BCUT2D eigenvalue weighted by Gasteiger charge is 2.15. The second-order valence-electron chi connectivity index (χ2n) is 6.34. The molecule has 1 amide bonds. The minimum Gasteiger partial charge on any atom is -0.325 e. The second-order valence-corrected chi connectivity index (χ2v) is 7.28. The van der Waals surface area contributed by atoms with E-state index in [2.05, 4.69) is 15.5 Å². The van der Waals surface area contributed by atoms with Gasteiger partial charge in [-0.25, -0.2) is 0 Å². The van der Waals surface area contributed by atoms with Crippen LogP contribution >= 0.6 is 11.8 Å². The number of amides is 1. The van der Waals surface area contributed by atoms with Crippen molar-refractivity contribution in [1.82, 2.24) is 14.8 Å². The molecular weight excluding hydrogens is 372 g/mol. The highest BCUT2D eigenvalue weighted by atomic mass is 32.2. The molecule has 0 radical (unpaired) electrons. The molecule has 0 aliphatic rings. The first-order chi connectivity index (χ1) is 13.5. The van der Waals surface area contributed by atoms with Gasteiger partial charge in [0.15, 0.2) is 16.8 Å². The minimum atomic E-state index is -0.135. The summed E-state index contributed by atoms with van der Waals surface area (Å²) in [5.41, 5.74) is 3.45. The number of anilines is 1. The summed E-state index contributed by atoms with van der Waals surface area (Å²) in [5.74, 6) is 0.893. The van der Waals surface area contributed by atoms with E-state index >= 15 is 0 Å². The number of rotatable bonds is 7. The molecule has 0 bridgehead atoms. The van der Waals surface area contributed by atoms with Crippen molar-refractivity contribution in [3.63, 3.8) is 0 Å². The van der Waals surface area contributed by atoms with Crippen LogP contribution in [0.3, 0.4) is 0 Å². The van der Waals surface area contributed by atoms with Crippen LogP contribution in [0.5, 0.6) is 0 Å². The van der Waals surface area contributed by atoms with Gasteiger partial charge in [-0.2, -0.15) is 0 Å². The summed E-state index contributed by atoms with van der Waals surface area (Å²) in [7, 11) is 0. The monoisotopic (exact) mass is 394 g/mol. The topological polar surface area (TPSA) is 76.9 Å². The number of nitrogens with one attached hydrogen (secondary N) is 1. The van der Waals surface area contributed by atoms with Gasteiger partial charge in [-0.15, -0.1) is 10.2 Å². The number of benzene rings is 2. The summed E-state index contributed by atoms with van der Waals surface area (Å²) < 4.78 is 2.02. The zero-order valence-corrected chi connectivity index (χ0v) is 16.9. The largest absolute Gasteiger partial charge is 0.325 e. The lowest BCUT2D eigenvalue weighted by Gasteiger charge is -2.09. The maximum atomic E-state index is 12.3. The average molecular weight is 395 g/mol. The number of nitrogens with zero attached hydrogens (tertiary/aromatic N) is 3. The molecule has 1 heterocycles. The Bertz CT molecular complexity index is 996. The van der Waals surface area contributed by atoms with Crippen LogP contribution in [0.1, 0.15) is 29.8 Å². The molecule has 0 saturated carbocycles. The van der Waals surface area contributed by atoms with E-state index in [1.165, 1.54) is 18.7 Å². The lowest BCUT2D eigenvalue weighted by atomic mass is 10.1. The summed E-state index contributed by atoms with van der Waals surface area (Å²) in [5, 5.41) is 12.2. The van der Waals surface area contributed by atoms with E-state index in [4.69, 9.17) is 0 Å². The Hall–Kier alpha value is -2.93. The van der Waals surface area contributed by atoms with Gasteiger partial charge < -0.3 is 9.88 Å². The number of aryl methyl sites for hydroxylation is 1. The molecule has 0 saturated heterocycles. The fourth-order valence-corrected chi connectivity index (χ4v) is 3.62. The lowest BCUT2D eigenvalue weighted by Crippen LogP contribution is -2.14. The molecule has 28 heavy (non-hydrogen) atoms. The Morgan fingerprint density at radius 1 is 1.07 bits per heavy atom. The van der Waals surface area contributed by atoms with Gasteiger partial charge in [0.2, 0.25) is 5.91 Å². The minimum absolute atomic E-state index is 0.00297. The third-order valence-electron chi connectivity index (χ3n) is 4.33. The molecule has 0 unspecified atom stereocenters. The summed E-state index contributed by atoms with van der Waals surface area (Å²) >= 11 is 1.35. The fourth-order valence-electron chi connectivity index (χ4n) is 2.82. The van der Waals surface area contributed by atoms with E-state index in [9.17, 15) is 9.59 Å². The fraction of sp³-hybridized carbons (Fsp3) is 0.238. The quantitative estimate of drug-likeness (QED) is 0.480. The predicted octanol–water partition coefficient (Wildman–Crippen LogP) is 4.21. The third-order valence-corrected chi connectivity index (χ3v) is 5.29. The molecule has 6 nitrogen and oxygen atoms in total. The summed E-state index contributed by atoms with van der Waals surface area (Å²) in [6.07, 6.45) is 0. The van der Waals surface area contributed by atoms with Crippen LogP contribution in [-0.2, 0) is 11.3 Å². The van der Waals surface area contributed by atoms with Crippen molar-refractivity contribution < 1.29 is 9.59 Å². The van der Waals surface area contributed by atoms with Gasteiger partial charge in [-0.05, 0) is 50.6 Å². The SMILES string of the molecule is CCn1c(SCC(=O)Nc2ccc(C(C)=O)cc2)nnc1-c1ccccc1C. The van der Waals surface area contributed by atoms with Crippen LogP contribution in [0.4, 0.5) is 5.69 Å². The van der Waals surface area contributed by atoms with E-state index in [0.29, 0.717) is 23.0 Å². The molecule has 1 aromatic heterocycles. The van der Waals surface area contributed by atoms with Crippen molar-refractivity contribution in [2.75, 3.05) is 11.1 Å². The van der Waals surface area contributed by atoms with E-state index in [-0.39, 0.29) is 17.4 Å². The zero-order valence-electron chi connectivity index (χ0n) is 16.1. The van der Waals surface area contributed by atoms with Gasteiger partial charge in [0.25, 0.3) is 0 Å². The molecule has 0 fully saturated rings. The van der Waals surface area contributed by atoms with Gasteiger partial charge in [0.1, 0.15) is 0 Å². The molecule has 144 valence electrons. The Morgan fingerprint density at radius 2 is 1.79 bits per heavy atom. The molecule has 7 heteroatoms. The number of carbonyl (C=O) groups is 2. The molecule has 0 aliphatic carbocycles. The molecule has 2 aromatic carbocycles. The van der Waals surface area contributed by atoms with Gasteiger partial charge in [0.05, 0.1) is 5.75 Å². The number of aromatic nitrogens is 3. The van der Waals surface area contributed by atoms with Crippen LogP contribution in [0.15, 0.2) is 53.7 Å². The average Bonchev–Trinajstić information content (AvgIpc) is 3.10. The number of hydrogen-bond donors (Lipinski definition) is 1. The maximum absolute atomic E-state index is 12.3. The lowest BCUT2D eigenvalue weighted by molar-refractivity contribution is -0.113. The summed E-state index contributed by atoms with van der Waals surface area (Å²) in [6.45, 7) is 6.31. The van der Waals surface area contributed by atoms with E-state index in [1.807, 2.05) is 42.7 Å². The zero-order chi connectivity index (χ0) is 20.1. The molecule has 1 N–H and O–H groups in total. The predicted molar refractivity (Wildman–Crippen MR) is 112 cm³/mol. The highest BCUT2D eigenvalue weighted by molar-refractivity contribution is 7.99. The Morgan fingerprint density at radius 3 is 2.43 bits per heavy atom. The van der Waals surface area contributed by atoms with Gasteiger partial charge in [0, 0.05) is 23.4 Å². The number of Topliss-reactive ketones (excluding diaryl/α,β-unsaturated/α-hetero) is 1. The van der Waals surface area contributed by atoms with Crippen molar-refractivity contribution in [2.24, 2.45) is 0 Å². The van der Waals surface area contributed by atoms with Crippen molar-refractivity contribution in [1.29, 1.82) is 0 Å². The molecule has 3 rings (SSSR count). The molecule has 3 aromatic rings.